The number of aryl methyl sites for hydroxylation is 1. The molecule has 1 heterocycles. The molecule has 0 unspecified atom stereocenters. The highest BCUT2D eigenvalue weighted by Crippen LogP contribution is 2.31. The van der Waals surface area contributed by atoms with E-state index in [1.807, 2.05) is 23.3 Å². The van der Waals surface area contributed by atoms with Crippen LogP contribution in [0.15, 0.2) is 71.7 Å². The van der Waals surface area contributed by atoms with Gasteiger partial charge in [0.1, 0.15) is 0 Å². The quantitative estimate of drug-likeness (QED) is 0.710. The zero-order chi connectivity index (χ0) is 16.4. The van der Waals surface area contributed by atoms with Crippen molar-refractivity contribution in [3.8, 4) is 12.3 Å². The Hall–Kier alpha value is -2.72. The minimum absolute atomic E-state index is 0.858. The van der Waals surface area contributed by atoms with Crippen LogP contribution in [0.2, 0.25) is 0 Å². The summed E-state index contributed by atoms with van der Waals surface area (Å²) in [6.45, 7) is 8.42. The van der Waals surface area contributed by atoms with Gasteiger partial charge in [-0.05, 0) is 59.8 Å². The summed E-state index contributed by atoms with van der Waals surface area (Å²) in [4.78, 5) is 2.03. The molecule has 114 valence electrons. The predicted molar refractivity (Wildman–Crippen MR) is 98.3 cm³/mol. The largest absolute Gasteiger partial charge is 0.324 e. The van der Waals surface area contributed by atoms with Crippen molar-refractivity contribution >= 4 is 6.08 Å². The molecule has 1 heteroatoms. The number of hydrogen-bond donors (Lipinski definition) is 0. The SMILES string of the molecule is C#CC1=CC(=C)N(/C=C(\C)C2=Cc3ccc(CC)cc3C2)C=C1. The molecule has 0 N–H and O–H groups in total. The average molecular weight is 299 g/mol. The summed E-state index contributed by atoms with van der Waals surface area (Å²) >= 11 is 0. The Morgan fingerprint density at radius 2 is 2.22 bits per heavy atom. The lowest BCUT2D eigenvalue weighted by Gasteiger charge is -2.21. The fraction of sp³-hybridized carbons (Fsp3) is 0.182. The fourth-order valence-electron chi connectivity index (χ4n) is 2.94. The normalized spacial score (nSPS) is 16.8. The molecule has 23 heavy (non-hydrogen) atoms. The van der Waals surface area contributed by atoms with E-state index in [9.17, 15) is 0 Å². The van der Waals surface area contributed by atoms with Crippen molar-refractivity contribution < 1.29 is 0 Å². The van der Waals surface area contributed by atoms with Gasteiger partial charge in [0, 0.05) is 23.7 Å². The Bertz CT molecular complexity index is 822. The monoisotopic (exact) mass is 299 g/mol. The molecule has 0 radical (unpaired) electrons. The number of benzene rings is 1. The van der Waals surface area contributed by atoms with Crippen molar-refractivity contribution in [2.45, 2.75) is 26.7 Å². The maximum absolute atomic E-state index is 5.43. The van der Waals surface area contributed by atoms with Crippen LogP contribution < -0.4 is 0 Å². The molecule has 0 spiro atoms. The van der Waals surface area contributed by atoms with Crippen LogP contribution in [-0.2, 0) is 12.8 Å². The van der Waals surface area contributed by atoms with Gasteiger partial charge in [-0.1, -0.05) is 43.7 Å². The lowest BCUT2D eigenvalue weighted by molar-refractivity contribution is 0.641. The highest BCUT2D eigenvalue weighted by molar-refractivity contribution is 5.68. The summed E-state index contributed by atoms with van der Waals surface area (Å²) in [5.41, 5.74) is 8.53. The van der Waals surface area contributed by atoms with Gasteiger partial charge < -0.3 is 4.90 Å². The molecule has 0 saturated heterocycles. The van der Waals surface area contributed by atoms with E-state index in [0.717, 1.165) is 24.1 Å². The summed E-state index contributed by atoms with van der Waals surface area (Å²) in [5.74, 6) is 2.64. The standard InChI is InChI=1S/C22H21N/c1-5-18-7-8-20-13-21(14-22(20)12-18)16(3)15-23-10-9-19(6-2)11-17(23)4/h2,7-13,15H,4-5,14H2,1,3H3/b16-15+. The maximum atomic E-state index is 5.43. The van der Waals surface area contributed by atoms with E-state index < -0.39 is 0 Å². The molecule has 1 nitrogen and oxygen atoms in total. The van der Waals surface area contributed by atoms with Crippen LogP contribution >= 0.6 is 0 Å². The second-order valence-corrected chi connectivity index (χ2v) is 6.00. The lowest BCUT2D eigenvalue weighted by Crippen LogP contribution is -2.11. The zero-order valence-corrected chi connectivity index (χ0v) is 13.8. The van der Waals surface area contributed by atoms with Crippen molar-refractivity contribution in [2.24, 2.45) is 0 Å². The summed E-state index contributed by atoms with van der Waals surface area (Å²) in [6, 6.07) is 6.78. The van der Waals surface area contributed by atoms with E-state index in [2.05, 4.69) is 56.8 Å². The second-order valence-electron chi connectivity index (χ2n) is 6.00. The highest BCUT2D eigenvalue weighted by atomic mass is 15.1. The average Bonchev–Trinajstić information content (AvgIpc) is 2.99. The molecular formula is C22H21N. The fourth-order valence-corrected chi connectivity index (χ4v) is 2.94. The smallest absolute Gasteiger partial charge is 0.0390 e. The van der Waals surface area contributed by atoms with Gasteiger partial charge in [0.05, 0.1) is 0 Å². The molecule has 0 fully saturated rings. The number of hydrogen-bond acceptors (Lipinski definition) is 1. The summed E-state index contributed by atoms with van der Waals surface area (Å²) in [5, 5.41) is 0. The molecule has 1 aromatic carbocycles. The molecule has 1 aliphatic heterocycles. The molecule has 1 aromatic rings. The van der Waals surface area contributed by atoms with Gasteiger partial charge in [-0.2, -0.15) is 0 Å². The first-order chi connectivity index (χ1) is 11.1. The van der Waals surface area contributed by atoms with Crippen LogP contribution in [0.25, 0.3) is 6.08 Å². The molecule has 1 aliphatic carbocycles. The van der Waals surface area contributed by atoms with Crippen LogP contribution in [0.5, 0.6) is 0 Å². The van der Waals surface area contributed by atoms with Gasteiger partial charge in [-0.15, -0.1) is 6.42 Å². The van der Waals surface area contributed by atoms with Crippen molar-refractivity contribution in [3.63, 3.8) is 0 Å². The molecule has 0 aromatic heterocycles. The summed E-state index contributed by atoms with van der Waals surface area (Å²) in [6.07, 6.45) is 17.8. The van der Waals surface area contributed by atoms with Crippen LogP contribution in [0.1, 0.15) is 30.5 Å². The third-order valence-corrected chi connectivity index (χ3v) is 4.40. The van der Waals surface area contributed by atoms with Gasteiger partial charge in [0.25, 0.3) is 0 Å². The highest BCUT2D eigenvalue weighted by Gasteiger charge is 2.15. The molecule has 0 amide bonds. The van der Waals surface area contributed by atoms with Gasteiger partial charge >= 0.3 is 0 Å². The Labute approximate surface area is 139 Å². The second kappa shape index (κ2) is 6.18. The maximum Gasteiger partial charge on any atom is 0.0390 e. The van der Waals surface area contributed by atoms with E-state index in [-0.39, 0.29) is 0 Å². The number of allylic oxidation sites excluding steroid dienone is 5. The van der Waals surface area contributed by atoms with E-state index in [1.54, 1.807) is 0 Å². The van der Waals surface area contributed by atoms with E-state index in [4.69, 9.17) is 6.42 Å². The lowest BCUT2D eigenvalue weighted by atomic mass is 10.0. The molecule has 3 rings (SSSR count). The topological polar surface area (TPSA) is 3.24 Å². The van der Waals surface area contributed by atoms with Crippen LogP contribution in [0.3, 0.4) is 0 Å². The van der Waals surface area contributed by atoms with E-state index >= 15 is 0 Å². The number of fused-ring (bicyclic) bond motifs is 1. The van der Waals surface area contributed by atoms with Crippen LogP contribution in [0.4, 0.5) is 0 Å². The molecule has 0 saturated carbocycles. The summed E-state index contributed by atoms with van der Waals surface area (Å²) < 4.78 is 0. The first kappa shape index (κ1) is 15.2. The van der Waals surface area contributed by atoms with Gasteiger partial charge in [0.2, 0.25) is 0 Å². The number of terminal acetylenes is 1. The van der Waals surface area contributed by atoms with Crippen molar-refractivity contribution in [2.75, 3.05) is 0 Å². The van der Waals surface area contributed by atoms with Crippen LogP contribution in [0, 0.1) is 12.3 Å². The molecular weight excluding hydrogens is 278 g/mol. The van der Waals surface area contributed by atoms with Gasteiger partial charge in [-0.3, -0.25) is 0 Å². The number of rotatable bonds is 3. The Morgan fingerprint density at radius 3 is 2.91 bits per heavy atom. The summed E-state index contributed by atoms with van der Waals surface area (Å²) in [7, 11) is 0. The van der Waals surface area contributed by atoms with E-state index in [0.29, 0.717) is 0 Å². The predicted octanol–water partition coefficient (Wildman–Crippen LogP) is 4.99. The zero-order valence-electron chi connectivity index (χ0n) is 13.8. The van der Waals surface area contributed by atoms with Crippen molar-refractivity contribution in [3.05, 3.63) is 88.4 Å². The van der Waals surface area contributed by atoms with Gasteiger partial charge in [-0.25, -0.2) is 0 Å². The first-order valence-electron chi connectivity index (χ1n) is 7.95. The third kappa shape index (κ3) is 3.07. The Balaban J connectivity index is 1.79. The van der Waals surface area contributed by atoms with Crippen molar-refractivity contribution in [1.29, 1.82) is 0 Å². The first-order valence-corrected chi connectivity index (χ1v) is 7.95. The minimum Gasteiger partial charge on any atom is -0.324 e. The Kier molecular flexibility index (Phi) is 4.08. The molecule has 0 atom stereocenters. The minimum atomic E-state index is 0.858. The molecule has 0 bridgehead atoms. The molecule has 2 aliphatic rings. The van der Waals surface area contributed by atoms with Gasteiger partial charge in [0.15, 0.2) is 0 Å². The Morgan fingerprint density at radius 1 is 1.39 bits per heavy atom. The van der Waals surface area contributed by atoms with Crippen LogP contribution in [-0.4, -0.2) is 4.90 Å². The third-order valence-electron chi connectivity index (χ3n) is 4.40. The van der Waals surface area contributed by atoms with E-state index in [1.165, 1.54) is 27.8 Å². The number of nitrogens with zero attached hydrogens (tertiary/aromatic N) is 1. The van der Waals surface area contributed by atoms with Crippen molar-refractivity contribution in [1.82, 2.24) is 4.90 Å².